The van der Waals surface area contributed by atoms with Gasteiger partial charge in [0, 0.05) is 13.0 Å². The number of carbonyl (C=O) groups excluding carboxylic acids is 2. The topological polar surface area (TPSA) is 86.7 Å². The summed E-state index contributed by atoms with van der Waals surface area (Å²) in [6, 6.07) is 6.49. The number of hydrogen-bond acceptors (Lipinski definition) is 3. The number of piperidine rings is 1. The third kappa shape index (κ3) is 5.19. The van der Waals surface area contributed by atoms with Gasteiger partial charge in [-0.3, -0.25) is 14.4 Å². The monoisotopic (exact) mass is 366 g/mol. The summed E-state index contributed by atoms with van der Waals surface area (Å²) in [5.41, 5.74) is -0.0323. The van der Waals surface area contributed by atoms with Crippen LogP contribution in [-0.4, -0.2) is 35.5 Å². The highest BCUT2D eigenvalue weighted by Crippen LogP contribution is 2.29. The van der Waals surface area contributed by atoms with E-state index in [1.54, 1.807) is 36.9 Å². The van der Waals surface area contributed by atoms with Gasteiger partial charge in [-0.1, -0.05) is 37.6 Å². The van der Waals surface area contributed by atoms with Gasteiger partial charge in [-0.15, -0.1) is 0 Å². The Hall–Kier alpha value is -2.08. The third-order valence-corrected chi connectivity index (χ3v) is 4.51. The molecule has 25 heavy (non-hydrogen) atoms. The lowest BCUT2D eigenvalue weighted by atomic mass is 9.85. The van der Waals surface area contributed by atoms with Crippen LogP contribution in [0, 0.1) is 5.41 Å². The van der Waals surface area contributed by atoms with Gasteiger partial charge in [0.1, 0.15) is 6.04 Å². The number of para-hydroxylation sites is 1. The average Bonchev–Trinajstić information content (AvgIpc) is 2.48. The van der Waals surface area contributed by atoms with E-state index < -0.39 is 17.4 Å². The van der Waals surface area contributed by atoms with E-state index in [1.807, 2.05) is 6.07 Å². The summed E-state index contributed by atoms with van der Waals surface area (Å²) in [4.78, 5) is 37.4. The molecule has 1 aliphatic rings. The molecule has 0 aliphatic carbocycles. The molecular weight excluding hydrogens is 344 g/mol. The number of carbonyl (C=O) groups is 3. The zero-order valence-corrected chi connectivity index (χ0v) is 15.2. The van der Waals surface area contributed by atoms with Gasteiger partial charge in [0.25, 0.3) is 0 Å². The molecule has 2 N–H and O–H groups in total. The number of halogens is 1. The van der Waals surface area contributed by atoms with Gasteiger partial charge in [0.2, 0.25) is 11.8 Å². The van der Waals surface area contributed by atoms with Crippen molar-refractivity contribution in [1.29, 1.82) is 0 Å². The van der Waals surface area contributed by atoms with Crippen LogP contribution in [0.4, 0.5) is 5.69 Å². The van der Waals surface area contributed by atoms with Gasteiger partial charge in [0.05, 0.1) is 17.1 Å². The molecule has 1 atom stereocenters. The third-order valence-electron chi connectivity index (χ3n) is 4.19. The number of hydrogen-bond donors (Lipinski definition) is 2. The lowest BCUT2D eigenvalue weighted by Gasteiger charge is -2.33. The summed E-state index contributed by atoms with van der Waals surface area (Å²) in [5, 5.41) is 12.1. The zero-order chi connectivity index (χ0) is 18.6. The molecule has 0 bridgehead atoms. The second-order valence-corrected chi connectivity index (χ2v) is 7.52. The predicted molar refractivity (Wildman–Crippen MR) is 95.6 cm³/mol. The molecule has 1 heterocycles. The first-order valence-corrected chi connectivity index (χ1v) is 8.64. The van der Waals surface area contributed by atoms with E-state index in [0.717, 1.165) is 6.42 Å². The van der Waals surface area contributed by atoms with Crippen LogP contribution in [0.15, 0.2) is 24.3 Å². The van der Waals surface area contributed by atoms with Crippen molar-refractivity contribution in [1.82, 2.24) is 5.32 Å². The molecule has 7 heteroatoms. The van der Waals surface area contributed by atoms with E-state index >= 15 is 0 Å². The first-order valence-electron chi connectivity index (χ1n) is 8.27. The molecule has 1 saturated heterocycles. The van der Waals surface area contributed by atoms with E-state index in [1.165, 1.54) is 0 Å². The number of nitrogens with one attached hydrogen (secondary N) is 1. The fourth-order valence-corrected chi connectivity index (χ4v) is 3.31. The Bertz CT molecular complexity index is 675. The average molecular weight is 367 g/mol. The number of amides is 2. The quantitative estimate of drug-likeness (QED) is 0.810. The molecular formula is C18H23ClN2O4. The van der Waals surface area contributed by atoms with Crippen LogP contribution < -0.4 is 10.2 Å². The summed E-state index contributed by atoms with van der Waals surface area (Å²) >= 11 is 6.18. The van der Waals surface area contributed by atoms with Gasteiger partial charge in [-0.05, 0) is 30.4 Å². The van der Waals surface area contributed by atoms with Crippen molar-refractivity contribution in [2.75, 3.05) is 11.4 Å². The van der Waals surface area contributed by atoms with Crippen molar-refractivity contribution < 1.29 is 19.5 Å². The highest BCUT2D eigenvalue weighted by atomic mass is 35.5. The molecule has 2 amide bonds. The van der Waals surface area contributed by atoms with Crippen LogP contribution >= 0.6 is 11.6 Å². The van der Waals surface area contributed by atoms with Crippen molar-refractivity contribution in [3.8, 4) is 0 Å². The van der Waals surface area contributed by atoms with Gasteiger partial charge in [0.15, 0.2) is 0 Å². The van der Waals surface area contributed by atoms with Crippen molar-refractivity contribution in [2.24, 2.45) is 5.41 Å². The maximum atomic E-state index is 12.7. The van der Waals surface area contributed by atoms with E-state index in [2.05, 4.69) is 5.32 Å². The second kappa shape index (κ2) is 7.87. The Morgan fingerprint density at radius 2 is 2.00 bits per heavy atom. The number of carboxylic acids is 1. The van der Waals surface area contributed by atoms with Crippen LogP contribution in [0.2, 0.25) is 5.02 Å². The summed E-state index contributed by atoms with van der Waals surface area (Å²) in [5.74, 6) is -1.45. The van der Waals surface area contributed by atoms with E-state index in [-0.39, 0.29) is 24.7 Å². The van der Waals surface area contributed by atoms with Gasteiger partial charge < -0.3 is 15.3 Å². The zero-order valence-electron chi connectivity index (χ0n) is 14.4. The number of nitrogens with zero attached hydrogens (tertiary/aromatic N) is 1. The molecule has 0 spiro atoms. The second-order valence-electron chi connectivity index (χ2n) is 7.12. The summed E-state index contributed by atoms with van der Waals surface area (Å²) in [6.07, 6.45) is 1.26. The van der Waals surface area contributed by atoms with E-state index in [4.69, 9.17) is 16.7 Å². The largest absolute Gasteiger partial charge is 0.481 e. The lowest BCUT2D eigenvalue weighted by Crippen LogP contribution is -2.53. The first-order chi connectivity index (χ1) is 11.7. The van der Waals surface area contributed by atoms with Crippen LogP contribution in [0.25, 0.3) is 0 Å². The van der Waals surface area contributed by atoms with Crippen LogP contribution in [0.3, 0.4) is 0 Å². The van der Waals surface area contributed by atoms with Crippen molar-refractivity contribution in [3.63, 3.8) is 0 Å². The van der Waals surface area contributed by atoms with Crippen molar-refractivity contribution in [2.45, 2.75) is 45.6 Å². The minimum atomic E-state index is -0.948. The molecule has 1 unspecified atom stereocenters. The first kappa shape index (κ1) is 19.2. The Labute approximate surface area is 152 Å². The number of rotatable bonds is 6. The van der Waals surface area contributed by atoms with Crippen molar-refractivity contribution in [3.05, 3.63) is 29.3 Å². The lowest BCUT2D eigenvalue weighted by molar-refractivity contribution is -0.140. The van der Waals surface area contributed by atoms with Gasteiger partial charge >= 0.3 is 5.97 Å². The molecule has 0 aromatic heterocycles. The Balaban J connectivity index is 2.03. The summed E-state index contributed by atoms with van der Waals surface area (Å²) < 4.78 is 0. The molecule has 1 fully saturated rings. The molecule has 0 radical (unpaired) electrons. The smallest absolute Gasteiger partial charge is 0.303 e. The summed E-state index contributed by atoms with van der Waals surface area (Å²) in [6.45, 7) is 4.00. The SMILES string of the molecule is CC(C)(CC(=O)O)CC(=O)NC1CCCN(c2ccccc2Cl)C1=O. The molecule has 2 rings (SSSR count). The standard InChI is InChI=1S/C18H23ClN2O4/c1-18(2,11-16(23)24)10-15(22)20-13-7-5-9-21(17(13)25)14-8-4-3-6-12(14)19/h3-4,6,8,13H,5,7,9-11H2,1-2H3,(H,20,22)(H,23,24). The maximum Gasteiger partial charge on any atom is 0.303 e. The molecule has 136 valence electrons. The highest BCUT2D eigenvalue weighted by molar-refractivity contribution is 6.33. The molecule has 1 aromatic carbocycles. The number of benzene rings is 1. The molecule has 1 aromatic rings. The predicted octanol–water partition coefficient (Wildman–Crippen LogP) is 2.84. The van der Waals surface area contributed by atoms with Crippen LogP contribution in [0.1, 0.15) is 39.5 Å². The molecule has 6 nitrogen and oxygen atoms in total. The normalized spacial score (nSPS) is 18.1. The highest BCUT2D eigenvalue weighted by Gasteiger charge is 2.33. The molecule has 0 saturated carbocycles. The number of aliphatic carboxylic acids is 1. The van der Waals surface area contributed by atoms with Gasteiger partial charge in [-0.2, -0.15) is 0 Å². The van der Waals surface area contributed by atoms with Crippen LogP contribution in [0.5, 0.6) is 0 Å². The Morgan fingerprint density at radius 1 is 1.32 bits per heavy atom. The number of anilines is 1. The van der Waals surface area contributed by atoms with Crippen molar-refractivity contribution >= 4 is 35.1 Å². The van der Waals surface area contributed by atoms with E-state index in [0.29, 0.717) is 23.7 Å². The minimum absolute atomic E-state index is 0.0508. The fourth-order valence-electron chi connectivity index (χ4n) is 3.07. The van der Waals surface area contributed by atoms with Gasteiger partial charge in [-0.25, -0.2) is 0 Å². The van der Waals surface area contributed by atoms with E-state index in [9.17, 15) is 14.4 Å². The summed E-state index contributed by atoms with van der Waals surface area (Å²) in [7, 11) is 0. The fraction of sp³-hybridized carbons (Fsp3) is 0.500. The number of carboxylic acid groups (broad SMARTS) is 1. The minimum Gasteiger partial charge on any atom is -0.481 e. The Kier molecular flexibility index (Phi) is 6.06. The maximum absolute atomic E-state index is 12.7. The van der Waals surface area contributed by atoms with Crippen LogP contribution in [-0.2, 0) is 14.4 Å². The Morgan fingerprint density at radius 3 is 2.64 bits per heavy atom. The molecule has 1 aliphatic heterocycles.